The van der Waals surface area contributed by atoms with Crippen molar-refractivity contribution >= 4 is 49.8 Å². The van der Waals surface area contributed by atoms with E-state index in [1.807, 2.05) is 0 Å². The highest BCUT2D eigenvalue weighted by Gasteiger charge is 2.09. The third-order valence-electron chi connectivity index (χ3n) is 3.18. The topological polar surface area (TPSA) is 93.5 Å². The predicted molar refractivity (Wildman–Crippen MR) is 102 cm³/mol. The Bertz CT molecular complexity index is 778. The largest absolute Gasteiger partial charge is 0.492 e. The molecule has 7 nitrogen and oxygen atoms in total. The minimum absolute atomic E-state index is 0.179. The van der Waals surface area contributed by atoms with Crippen molar-refractivity contribution in [3.8, 4) is 5.75 Å². The van der Waals surface area contributed by atoms with Crippen molar-refractivity contribution in [3.63, 3.8) is 0 Å². The van der Waals surface area contributed by atoms with Crippen LogP contribution in [0.4, 0.5) is 11.5 Å². The average Bonchev–Trinajstić information content (AvgIpc) is 2.60. The summed E-state index contributed by atoms with van der Waals surface area (Å²) in [7, 11) is -1.20. The van der Waals surface area contributed by atoms with Crippen LogP contribution in [0.1, 0.15) is 12.8 Å². The molecule has 10 heteroatoms. The van der Waals surface area contributed by atoms with E-state index in [0.717, 1.165) is 17.3 Å². The molecule has 1 aromatic carbocycles. The van der Waals surface area contributed by atoms with Crippen molar-refractivity contribution in [1.82, 2.24) is 9.97 Å². The molecule has 0 saturated heterocycles. The summed E-state index contributed by atoms with van der Waals surface area (Å²) < 4.78 is 18.1. The minimum Gasteiger partial charge on any atom is -0.492 e. The van der Waals surface area contributed by atoms with Crippen LogP contribution in [0.5, 0.6) is 5.75 Å². The SMILES string of the molecule is CS(=O)c1ccc(N=O)cc1OCCCCNc1nc(Cl)ncc1Br. The van der Waals surface area contributed by atoms with Crippen LogP contribution in [0.3, 0.4) is 0 Å². The molecule has 0 radical (unpaired) electrons. The molecular formula is C15H16BrClN4O3S. The van der Waals surface area contributed by atoms with Gasteiger partial charge in [0, 0.05) is 25.1 Å². The summed E-state index contributed by atoms with van der Waals surface area (Å²) in [5, 5.41) is 6.21. The Labute approximate surface area is 161 Å². The van der Waals surface area contributed by atoms with Crippen LogP contribution < -0.4 is 10.1 Å². The lowest BCUT2D eigenvalue weighted by molar-refractivity contribution is 0.301. The number of hydrogen-bond donors (Lipinski definition) is 1. The first-order chi connectivity index (χ1) is 12.0. The Kier molecular flexibility index (Phi) is 7.73. The molecule has 2 aromatic rings. The first-order valence-electron chi connectivity index (χ1n) is 7.37. The van der Waals surface area contributed by atoms with Gasteiger partial charge in [0.15, 0.2) is 0 Å². The lowest BCUT2D eigenvalue weighted by Crippen LogP contribution is -2.07. The van der Waals surface area contributed by atoms with Crippen molar-refractivity contribution in [2.45, 2.75) is 17.7 Å². The van der Waals surface area contributed by atoms with Gasteiger partial charge in [-0.1, -0.05) is 0 Å². The molecule has 0 amide bonds. The summed E-state index contributed by atoms with van der Waals surface area (Å²) in [6.45, 7) is 1.11. The minimum atomic E-state index is -1.20. The fourth-order valence-corrected chi connectivity index (χ4v) is 3.11. The molecule has 2 rings (SSSR count). The number of hydrogen-bond acceptors (Lipinski definition) is 7. The van der Waals surface area contributed by atoms with E-state index >= 15 is 0 Å². The average molecular weight is 448 g/mol. The van der Waals surface area contributed by atoms with Gasteiger partial charge in [0.25, 0.3) is 0 Å². The van der Waals surface area contributed by atoms with E-state index in [1.165, 1.54) is 12.1 Å². The Balaban J connectivity index is 1.80. The lowest BCUT2D eigenvalue weighted by atomic mass is 10.3. The summed E-state index contributed by atoms with van der Waals surface area (Å²) in [6.07, 6.45) is 4.73. The Morgan fingerprint density at radius 1 is 1.40 bits per heavy atom. The zero-order chi connectivity index (χ0) is 18.2. The molecule has 1 N–H and O–H groups in total. The van der Waals surface area contributed by atoms with Gasteiger partial charge in [-0.3, -0.25) is 4.21 Å². The van der Waals surface area contributed by atoms with Crippen molar-refractivity contribution in [3.05, 3.63) is 39.1 Å². The fourth-order valence-electron chi connectivity index (χ4n) is 1.99. The molecule has 1 unspecified atom stereocenters. The van der Waals surface area contributed by atoms with Crippen molar-refractivity contribution < 1.29 is 8.95 Å². The molecular weight excluding hydrogens is 432 g/mol. The van der Waals surface area contributed by atoms with Gasteiger partial charge in [-0.05, 0) is 57.7 Å². The second-order valence-electron chi connectivity index (χ2n) is 4.99. The van der Waals surface area contributed by atoms with Gasteiger partial charge in [0.05, 0.1) is 26.8 Å². The quantitative estimate of drug-likeness (QED) is 0.350. The van der Waals surface area contributed by atoms with Crippen LogP contribution in [0, 0.1) is 4.91 Å². The van der Waals surface area contributed by atoms with E-state index in [0.29, 0.717) is 29.6 Å². The maximum Gasteiger partial charge on any atom is 0.224 e. The van der Waals surface area contributed by atoms with Crippen LogP contribution in [-0.2, 0) is 10.8 Å². The normalized spacial score (nSPS) is 11.8. The smallest absolute Gasteiger partial charge is 0.224 e. The number of halogens is 2. The van der Waals surface area contributed by atoms with Crippen molar-refractivity contribution in [1.29, 1.82) is 0 Å². The maximum atomic E-state index is 11.7. The Morgan fingerprint density at radius 2 is 2.20 bits per heavy atom. The van der Waals surface area contributed by atoms with Crippen LogP contribution in [0.2, 0.25) is 5.28 Å². The van der Waals surface area contributed by atoms with Gasteiger partial charge in [0.1, 0.15) is 17.3 Å². The van der Waals surface area contributed by atoms with E-state index in [9.17, 15) is 9.12 Å². The Hall–Kier alpha value is -1.58. The zero-order valence-corrected chi connectivity index (χ0v) is 16.5. The van der Waals surface area contributed by atoms with Gasteiger partial charge in [-0.2, -0.15) is 4.98 Å². The van der Waals surface area contributed by atoms with Gasteiger partial charge in [0.2, 0.25) is 5.28 Å². The molecule has 1 aromatic heterocycles. The molecule has 0 aliphatic rings. The number of anilines is 1. The summed E-state index contributed by atoms with van der Waals surface area (Å²) in [4.78, 5) is 19.1. The summed E-state index contributed by atoms with van der Waals surface area (Å²) in [5.41, 5.74) is 0.247. The first-order valence-corrected chi connectivity index (χ1v) is 10.1. The summed E-state index contributed by atoms with van der Waals surface area (Å²) in [6, 6.07) is 4.62. The van der Waals surface area contributed by atoms with Crippen LogP contribution in [0.15, 0.2) is 38.9 Å². The highest BCUT2D eigenvalue weighted by molar-refractivity contribution is 9.10. The van der Waals surface area contributed by atoms with Gasteiger partial charge in [-0.15, -0.1) is 4.91 Å². The van der Waals surface area contributed by atoms with Gasteiger partial charge >= 0.3 is 0 Å². The number of unbranched alkanes of at least 4 members (excludes halogenated alkanes) is 1. The number of benzene rings is 1. The second-order valence-corrected chi connectivity index (χ2v) is 7.53. The van der Waals surface area contributed by atoms with Crippen molar-refractivity contribution in [2.75, 3.05) is 24.7 Å². The van der Waals surface area contributed by atoms with Crippen LogP contribution in [-0.4, -0.2) is 33.6 Å². The molecule has 0 aliphatic carbocycles. The van der Waals surface area contributed by atoms with E-state index in [-0.39, 0.29) is 11.0 Å². The van der Waals surface area contributed by atoms with E-state index in [1.54, 1.807) is 18.5 Å². The number of ether oxygens (including phenoxy) is 1. The molecule has 134 valence electrons. The van der Waals surface area contributed by atoms with Gasteiger partial charge in [-0.25, -0.2) is 4.98 Å². The lowest BCUT2D eigenvalue weighted by Gasteiger charge is -2.11. The van der Waals surface area contributed by atoms with E-state index in [4.69, 9.17) is 16.3 Å². The van der Waals surface area contributed by atoms with Crippen LogP contribution >= 0.6 is 27.5 Å². The number of aromatic nitrogens is 2. The second kappa shape index (κ2) is 9.79. The third-order valence-corrected chi connectivity index (χ3v) is 4.90. The standard InChI is InChI=1S/C15H16BrClN4O3S/c1-25(23)13-5-4-10(21-22)8-12(13)24-7-3-2-6-18-14-11(16)9-19-15(17)20-14/h4-5,8-9H,2-3,6-7H2,1H3,(H,18,19,20). The monoisotopic (exact) mass is 446 g/mol. The fraction of sp³-hybridized carbons (Fsp3) is 0.333. The van der Waals surface area contributed by atoms with E-state index < -0.39 is 10.8 Å². The molecule has 1 atom stereocenters. The molecule has 0 saturated carbocycles. The Morgan fingerprint density at radius 3 is 2.92 bits per heavy atom. The predicted octanol–water partition coefficient (Wildman–Crippen LogP) is 4.30. The summed E-state index contributed by atoms with van der Waals surface area (Å²) >= 11 is 9.10. The zero-order valence-electron chi connectivity index (χ0n) is 13.4. The highest BCUT2D eigenvalue weighted by atomic mass is 79.9. The molecule has 1 heterocycles. The maximum absolute atomic E-state index is 11.7. The first kappa shape index (κ1) is 19.7. The van der Waals surface area contributed by atoms with Gasteiger partial charge < -0.3 is 10.1 Å². The number of nitroso groups, excluding NO2 is 1. The third kappa shape index (κ3) is 6.02. The highest BCUT2D eigenvalue weighted by Crippen LogP contribution is 2.27. The number of nitrogens with zero attached hydrogens (tertiary/aromatic N) is 3. The molecule has 25 heavy (non-hydrogen) atoms. The molecule has 0 spiro atoms. The molecule has 0 fully saturated rings. The molecule has 0 bridgehead atoms. The molecule has 0 aliphatic heterocycles. The summed E-state index contributed by atoms with van der Waals surface area (Å²) in [5.74, 6) is 1.06. The number of nitrogens with one attached hydrogen (secondary N) is 1. The number of rotatable bonds is 9. The van der Waals surface area contributed by atoms with Crippen LogP contribution in [0.25, 0.3) is 0 Å². The van der Waals surface area contributed by atoms with Crippen molar-refractivity contribution in [2.24, 2.45) is 5.18 Å². The van der Waals surface area contributed by atoms with E-state index in [2.05, 4.69) is 36.4 Å².